The number of allylic oxidation sites excluding steroid dienone is 2. The summed E-state index contributed by atoms with van der Waals surface area (Å²) >= 11 is 0. The zero-order valence-corrected chi connectivity index (χ0v) is 13.1. The number of amides is 1. The molecule has 2 unspecified atom stereocenters. The van der Waals surface area contributed by atoms with Gasteiger partial charge in [0.15, 0.2) is 0 Å². The summed E-state index contributed by atoms with van der Waals surface area (Å²) in [4.78, 5) is 11.5. The van der Waals surface area contributed by atoms with Gasteiger partial charge in [0, 0.05) is 18.8 Å². The maximum Gasteiger partial charge on any atom is 0.291 e. The van der Waals surface area contributed by atoms with Gasteiger partial charge in [-0.3, -0.25) is 14.2 Å². The zero-order valence-electron chi connectivity index (χ0n) is 12.2. The van der Waals surface area contributed by atoms with E-state index in [0.29, 0.717) is 18.5 Å². The second kappa shape index (κ2) is 4.81. The highest BCUT2D eigenvalue weighted by molar-refractivity contribution is 7.87. The lowest BCUT2D eigenvalue weighted by Gasteiger charge is -2.48. The third-order valence-electron chi connectivity index (χ3n) is 5.37. The first kappa shape index (κ1) is 15.5. The van der Waals surface area contributed by atoms with E-state index in [1.54, 1.807) is 4.90 Å². The Morgan fingerprint density at radius 1 is 1.27 bits per heavy atom. The Kier molecular flexibility index (Phi) is 3.39. The minimum atomic E-state index is -4.67. The molecule has 2 atom stereocenters. The van der Waals surface area contributed by atoms with Crippen molar-refractivity contribution in [3.63, 3.8) is 0 Å². The van der Waals surface area contributed by atoms with Crippen LogP contribution in [-0.2, 0) is 14.9 Å². The van der Waals surface area contributed by atoms with Crippen LogP contribution in [0.25, 0.3) is 0 Å². The van der Waals surface area contributed by atoms with Gasteiger partial charge >= 0.3 is 0 Å². The lowest BCUT2D eigenvalue weighted by Crippen LogP contribution is -2.66. The molecule has 1 heterocycles. The summed E-state index contributed by atoms with van der Waals surface area (Å²) < 4.78 is 34.5. The van der Waals surface area contributed by atoms with Crippen molar-refractivity contribution >= 4 is 16.0 Å². The number of rotatable bonds is 3. The summed E-state index contributed by atoms with van der Waals surface area (Å²) in [6.45, 7) is 0.928. The average molecular weight is 327 g/mol. The molecule has 0 bridgehead atoms. The molecule has 0 radical (unpaired) electrons. The molecule has 7 nitrogen and oxygen atoms in total. The van der Waals surface area contributed by atoms with E-state index in [1.807, 2.05) is 0 Å². The van der Waals surface area contributed by atoms with E-state index in [2.05, 4.69) is 0 Å². The summed E-state index contributed by atoms with van der Waals surface area (Å²) in [5.74, 6) is -2.03. The molecular weight excluding hydrogens is 306 g/mol. The number of likely N-dealkylation sites (tertiary alicyclic amines) is 1. The normalized spacial score (nSPS) is 34.4. The van der Waals surface area contributed by atoms with Crippen molar-refractivity contribution in [2.45, 2.75) is 30.6 Å². The van der Waals surface area contributed by atoms with Crippen molar-refractivity contribution in [3.8, 4) is 0 Å². The topological polar surface area (TPSA) is 127 Å². The fourth-order valence-electron chi connectivity index (χ4n) is 3.83. The van der Waals surface area contributed by atoms with E-state index in [0.717, 1.165) is 25.7 Å². The van der Waals surface area contributed by atoms with E-state index in [-0.39, 0.29) is 5.70 Å². The molecule has 1 spiro atoms. The predicted octanol–water partition coefficient (Wildman–Crippen LogP) is -0.0396. The van der Waals surface area contributed by atoms with Crippen molar-refractivity contribution < 1.29 is 17.8 Å². The van der Waals surface area contributed by atoms with Crippen LogP contribution >= 0.6 is 0 Å². The Morgan fingerprint density at radius 3 is 2.32 bits per heavy atom. The fraction of sp³-hybridized carbons (Fsp3) is 0.643. The first-order valence-corrected chi connectivity index (χ1v) is 8.83. The van der Waals surface area contributed by atoms with Crippen molar-refractivity contribution in [3.05, 3.63) is 23.9 Å². The number of nitrogens with two attached hydrogens (primary N) is 2. The molecule has 122 valence electrons. The highest BCUT2D eigenvalue weighted by atomic mass is 32.2. The summed E-state index contributed by atoms with van der Waals surface area (Å²) in [5, 5.41) is 0. The molecule has 8 heteroatoms. The Labute approximate surface area is 129 Å². The average Bonchev–Trinajstić information content (AvgIpc) is 3.18. The third-order valence-corrected chi connectivity index (χ3v) is 6.90. The number of carbonyl (C=O) groups excluding carboxylic acids is 1. The SMILES string of the molecule is NC(=O)C1C=CC=C(N)C1(N1CCC2(CC1)CC2)S(=O)(=O)O. The minimum absolute atomic E-state index is 0.0620. The number of primary amides is 1. The molecular formula is C14H21N3O4S. The second-order valence-corrected chi connectivity index (χ2v) is 8.12. The van der Waals surface area contributed by atoms with Crippen LogP contribution in [0.5, 0.6) is 0 Å². The fourth-order valence-corrected chi connectivity index (χ4v) is 5.22. The maximum absolute atomic E-state index is 12.3. The molecule has 22 heavy (non-hydrogen) atoms. The van der Waals surface area contributed by atoms with E-state index in [9.17, 15) is 17.8 Å². The highest BCUT2D eigenvalue weighted by Gasteiger charge is 2.60. The molecule has 1 aliphatic heterocycles. The van der Waals surface area contributed by atoms with Crippen LogP contribution in [0.4, 0.5) is 0 Å². The van der Waals surface area contributed by atoms with Gasteiger partial charge in [-0.15, -0.1) is 0 Å². The van der Waals surface area contributed by atoms with Gasteiger partial charge in [0.1, 0.15) is 0 Å². The predicted molar refractivity (Wildman–Crippen MR) is 80.8 cm³/mol. The van der Waals surface area contributed by atoms with Crippen LogP contribution in [0.15, 0.2) is 23.9 Å². The lowest BCUT2D eigenvalue weighted by atomic mass is 9.85. The molecule has 2 fully saturated rings. The molecule has 0 aromatic heterocycles. The van der Waals surface area contributed by atoms with Crippen LogP contribution in [0.1, 0.15) is 25.7 Å². The van der Waals surface area contributed by atoms with Crippen molar-refractivity contribution in [1.29, 1.82) is 0 Å². The number of piperidine rings is 1. The largest absolute Gasteiger partial charge is 0.400 e. The number of hydrogen-bond acceptors (Lipinski definition) is 5. The van der Waals surface area contributed by atoms with Crippen molar-refractivity contribution in [2.75, 3.05) is 13.1 Å². The molecule has 3 rings (SSSR count). The standard InChI is InChI=1S/C14H21N3O4S/c15-11-3-1-2-10(12(16)18)14(11,22(19,20)21)17-8-6-13(4-5-13)7-9-17/h1-3,10H,4-9,15H2,(H2,16,18)(H,19,20,21). The van der Waals surface area contributed by atoms with Gasteiger partial charge in [0.25, 0.3) is 10.1 Å². The number of nitrogens with zero attached hydrogens (tertiary/aromatic N) is 1. The molecule has 0 aromatic rings. The molecule has 5 N–H and O–H groups in total. The van der Waals surface area contributed by atoms with Crippen LogP contribution < -0.4 is 11.5 Å². The Balaban J connectivity index is 2.06. The van der Waals surface area contributed by atoms with Gasteiger partial charge in [-0.25, -0.2) is 0 Å². The van der Waals surface area contributed by atoms with E-state index < -0.39 is 26.8 Å². The van der Waals surface area contributed by atoms with Crippen LogP contribution in [-0.4, -0.2) is 41.7 Å². The number of hydrogen-bond donors (Lipinski definition) is 3. The molecule has 2 aliphatic carbocycles. The summed E-state index contributed by atoms with van der Waals surface area (Å²) in [6.07, 6.45) is 8.30. The van der Waals surface area contributed by atoms with Gasteiger partial charge in [-0.2, -0.15) is 8.42 Å². The monoisotopic (exact) mass is 327 g/mol. The van der Waals surface area contributed by atoms with Crippen molar-refractivity contribution in [1.82, 2.24) is 4.90 Å². The molecule has 1 amide bonds. The van der Waals surface area contributed by atoms with Gasteiger partial charge in [0.2, 0.25) is 10.8 Å². The van der Waals surface area contributed by atoms with Crippen LogP contribution in [0, 0.1) is 11.3 Å². The number of carbonyl (C=O) groups is 1. The molecule has 3 aliphatic rings. The third kappa shape index (κ3) is 2.09. The van der Waals surface area contributed by atoms with Crippen molar-refractivity contribution in [2.24, 2.45) is 22.8 Å². The maximum atomic E-state index is 12.3. The first-order chi connectivity index (χ1) is 10.2. The highest BCUT2D eigenvalue weighted by Crippen LogP contribution is 2.55. The van der Waals surface area contributed by atoms with Gasteiger partial charge < -0.3 is 11.5 Å². The first-order valence-electron chi connectivity index (χ1n) is 7.39. The van der Waals surface area contributed by atoms with Crippen LogP contribution in [0.2, 0.25) is 0 Å². The summed E-state index contributed by atoms with van der Waals surface area (Å²) in [6, 6.07) is 0. The van der Waals surface area contributed by atoms with Gasteiger partial charge in [-0.05, 0) is 37.2 Å². The van der Waals surface area contributed by atoms with E-state index >= 15 is 0 Å². The van der Waals surface area contributed by atoms with E-state index in [4.69, 9.17) is 11.5 Å². The minimum Gasteiger partial charge on any atom is -0.400 e. The summed E-state index contributed by atoms with van der Waals surface area (Å²) in [7, 11) is -4.67. The molecule has 0 aromatic carbocycles. The van der Waals surface area contributed by atoms with Gasteiger partial charge in [0.05, 0.1) is 5.92 Å². The second-order valence-electron chi connectivity index (χ2n) is 6.55. The summed E-state index contributed by atoms with van der Waals surface area (Å²) in [5.41, 5.74) is 11.6. The zero-order chi connectivity index (χ0) is 16.2. The lowest BCUT2D eigenvalue weighted by molar-refractivity contribution is -0.123. The molecule has 1 saturated heterocycles. The Hall–Kier alpha value is -1.38. The molecule has 1 saturated carbocycles. The Morgan fingerprint density at radius 2 is 1.86 bits per heavy atom. The smallest absolute Gasteiger partial charge is 0.291 e. The van der Waals surface area contributed by atoms with Gasteiger partial charge in [-0.1, -0.05) is 12.2 Å². The quantitative estimate of drug-likeness (QED) is 0.624. The Bertz CT molecular complexity index is 656. The van der Waals surface area contributed by atoms with E-state index in [1.165, 1.54) is 18.2 Å². The van der Waals surface area contributed by atoms with Crippen LogP contribution in [0.3, 0.4) is 0 Å².